The first-order valence-electron chi connectivity index (χ1n) is 18.8. The number of halogens is 3. The number of rotatable bonds is 7. The molecule has 0 unspecified atom stereocenters. The Morgan fingerprint density at radius 1 is 0.758 bits per heavy atom. The van der Waals surface area contributed by atoms with E-state index in [2.05, 4.69) is 45.7 Å². The van der Waals surface area contributed by atoms with Crippen LogP contribution in [-0.2, 0) is 21.9 Å². The number of aromatic amines is 1. The van der Waals surface area contributed by atoms with Crippen LogP contribution in [0.5, 0.6) is 0 Å². The molecule has 0 amide bonds. The van der Waals surface area contributed by atoms with Gasteiger partial charge in [-0.25, -0.2) is 8.78 Å². The highest BCUT2D eigenvalue weighted by molar-refractivity contribution is 6.16. The average Bonchev–Trinajstić information content (AvgIpc) is 4.11. The first-order valence-corrected chi connectivity index (χ1v) is 19.3. The lowest BCUT2D eigenvalue weighted by atomic mass is 10.00. The summed E-state index contributed by atoms with van der Waals surface area (Å²) in [5, 5.41) is 23.7. The molecule has 0 radical (unpaired) electrons. The molecule has 8 aromatic rings. The smallest absolute Gasteiger partial charge is 0.281 e. The minimum absolute atomic E-state index is 0. The number of anilines is 2. The van der Waals surface area contributed by atoms with Crippen LogP contribution >= 0.6 is 11.6 Å². The van der Waals surface area contributed by atoms with E-state index in [4.69, 9.17) is 41.6 Å². The van der Waals surface area contributed by atoms with Gasteiger partial charge in [0.2, 0.25) is 23.7 Å². The fourth-order valence-corrected chi connectivity index (χ4v) is 7.01. The normalized spacial score (nSPS) is 18.3. The van der Waals surface area contributed by atoms with Crippen LogP contribution in [0.3, 0.4) is 0 Å². The molecule has 10 rings (SSSR count). The SMILES string of the molecule is C.Cc1cnn2nc(N)[nH]c(=O)c12.Cc1cnn2nc(N)n(Cc3nc([C@@H]4CO[C@@H](c5ccc(F)cc5)C4)no3)c(=O)c12.Fc1ccc([C@H]2C[C@H](c3noc(CCl)n3)CO2)cc1. The van der Waals surface area contributed by atoms with Gasteiger partial charge >= 0.3 is 0 Å². The summed E-state index contributed by atoms with van der Waals surface area (Å²) in [6, 6.07) is 12.6. The number of hydrogen-bond donors (Lipinski definition) is 3. The summed E-state index contributed by atoms with van der Waals surface area (Å²) < 4.78 is 51.6. The Morgan fingerprint density at radius 3 is 1.79 bits per heavy atom. The third-order valence-electron chi connectivity index (χ3n) is 10.0. The maximum Gasteiger partial charge on any atom is 0.281 e. The summed E-state index contributed by atoms with van der Waals surface area (Å²) in [6.07, 6.45) is 4.31. The van der Waals surface area contributed by atoms with Crippen molar-refractivity contribution in [2.45, 2.75) is 70.6 Å². The minimum atomic E-state index is -0.335. The van der Waals surface area contributed by atoms with Crippen LogP contribution < -0.4 is 22.6 Å². The van der Waals surface area contributed by atoms with Gasteiger partial charge in [0, 0.05) is 23.0 Å². The highest BCUT2D eigenvalue weighted by Gasteiger charge is 2.32. The van der Waals surface area contributed by atoms with Gasteiger partial charge in [-0.2, -0.15) is 20.2 Å². The summed E-state index contributed by atoms with van der Waals surface area (Å²) in [5.41, 5.74) is 14.7. The van der Waals surface area contributed by atoms with Crippen LogP contribution in [0.1, 0.15) is 90.0 Å². The van der Waals surface area contributed by atoms with Crippen molar-refractivity contribution in [2.75, 3.05) is 24.7 Å². The zero-order valence-corrected chi connectivity index (χ0v) is 33.2. The van der Waals surface area contributed by atoms with Gasteiger partial charge in [0.05, 0.1) is 37.8 Å². The molecule has 0 bridgehead atoms. The van der Waals surface area contributed by atoms with Crippen LogP contribution in [0.2, 0.25) is 0 Å². The van der Waals surface area contributed by atoms with E-state index in [9.17, 15) is 18.4 Å². The molecule has 2 aliphatic heterocycles. The van der Waals surface area contributed by atoms with Gasteiger partial charge in [-0.05, 0) is 62.1 Å². The van der Waals surface area contributed by atoms with E-state index < -0.39 is 0 Å². The molecular formula is C39H41ClF2N14O6. The number of nitrogens with one attached hydrogen (secondary N) is 1. The van der Waals surface area contributed by atoms with Crippen LogP contribution in [0.25, 0.3) is 11.0 Å². The van der Waals surface area contributed by atoms with Crippen molar-refractivity contribution < 1.29 is 27.3 Å². The Hall–Kier alpha value is -6.91. The summed E-state index contributed by atoms with van der Waals surface area (Å²) >= 11 is 5.62. The predicted octanol–water partition coefficient (Wildman–Crippen LogP) is 4.73. The van der Waals surface area contributed by atoms with Crippen LogP contribution in [0, 0.1) is 25.5 Å². The summed E-state index contributed by atoms with van der Waals surface area (Å²) in [4.78, 5) is 35.0. The van der Waals surface area contributed by atoms with Gasteiger partial charge < -0.3 is 30.0 Å². The molecule has 5 N–H and O–H groups in total. The highest BCUT2D eigenvalue weighted by Crippen LogP contribution is 2.38. The monoisotopic (exact) mass is 874 g/mol. The maximum atomic E-state index is 13.1. The van der Waals surface area contributed by atoms with Crippen molar-refractivity contribution in [2.24, 2.45) is 0 Å². The molecule has 62 heavy (non-hydrogen) atoms. The average molecular weight is 875 g/mol. The number of alkyl halides is 1. The molecule has 2 aliphatic rings. The number of aromatic nitrogens is 12. The fraction of sp³-hybridized carbons (Fsp3) is 0.333. The van der Waals surface area contributed by atoms with Crippen molar-refractivity contribution in [3.63, 3.8) is 0 Å². The molecule has 0 saturated carbocycles. The van der Waals surface area contributed by atoms with E-state index in [1.54, 1.807) is 50.5 Å². The first kappa shape index (κ1) is 43.2. The van der Waals surface area contributed by atoms with E-state index in [1.165, 1.54) is 38.1 Å². The molecule has 324 valence electrons. The number of aryl methyl sites for hydroxylation is 2. The topological polar surface area (TPSA) is 264 Å². The van der Waals surface area contributed by atoms with Gasteiger partial charge in [0.15, 0.2) is 22.7 Å². The molecule has 0 aliphatic carbocycles. The highest BCUT2D eigenvalue weighted by atomic mass is 35.5. The predicted molar refractivity (Wildman–Crippen MR) is 218 cm³/mol. The molecular weight excluding hydrogens is 834 g/mol. The number of H-pyrrole nitrogens is 1. The quantitative estimate of drug-likeness (QED) is 0.183. The first-order chi connectivity index (χ1) is 29.4. The second-order valence-electron chi connectivity index (χ2n) is 14.3. The van der Waals surface area contributed by atoms with Crippen LogP contribution in [-0.4, -0.2) is 72.7 Å². The summed E-state index contributed by atoms with van der Waals surface area (Å²) in [5.74, 6) is 1.55. The standard InChI is InChI=1S/C19H18FN7O3.C13H12ClFN2O2.C6H7N5O.CH4/c1-10-7-22-27-16(10)18(28)26(19(21)24-27)8-15-23-17(25-30-15)12-6-14(29-9-12)11-2-4-13(20)5-3-11;14-6-12-16-13(17-19-12)9-5-11(18-7-9)8-1-3-10(15)4-2-8;1-3-2-8-11-4(3)5(12)9-6(7)10-11;/h2-5,7,12,14H,6,8-9H2,1H3,(H2,21,24);1-4,9,11H,5-7H2;2H,1H3,(H3,7,9,10,12);1H4/t12-,14+;9-,11+;;/m00../s1. The summed E-state index contributed by atoms with van der Waals surface area (Å²) in [7, 11) is 0. The number of nitrogens with zero attached hydrogens (tertiary/aromatic N) is 11. The lowest BCUT2D eigenvalue weighted by molar-refractivity contribution is 0.110. The third-order valence-corrected chi connectivity index (χ3v) is 10.3. The molecule has 0 spiro atoms. The van der Waals surface area contributed by atoms with E-state index in [-0.39, 0.29) is 84.4 Å². The molecule has 2 saturated heterocycles. The van der Waals surface area contributed by atoms with Gasteiger partial charge in [-0.15, -0.1) is 31.1 Å². The second-order valence-corrected chi connectivity index (χ2v) is 14.5. The van der Waals surface area contributed by atoms with Gasteiger partial charge in [-0.1, -0.05) is 42.0 Å². The van der Waals surface area contributed by atoms with Crippen molar-refractivity contribution in [3.05, 3.63) is 139 Å². The van der Waals surface area contributed by atoms with E-state index in [1.807, 2.05) is 0 Å². The summed E-state index contributed by atoms with van der Waals surface area (Å²) in [6.45, 7) is 4.51. The molecule has 20 nitrogen and oxygen atoms in total. The van der Waals surface area contributed by atoms with Gasteiger partial charge in [0.1, 0.15) is 24.1 Å². The molecule has 2 aromatic carbocycles. The molecule has 8 heterocycles. The molecule has 4 atom stereocenters. The van der Waals surface area contributed by atoms with Gasteiger partial charge in [-0.3, -0.25) is 19.1 Å². The minimum Gasteiger partial charge on any atom is -0.373 e. The number of nitrogens with two attached hydrogens (primary N) is 2. The molecule has 6 aromatic heterocycles. The number of fused-ring (bicyclic) bond motifs is 2. The number of ether oxygens (including phenoxy) is 2. The third kappa shape index (κ3) is 9.21. The number of nitrogen functional groups attached to an aromatic ring is 2. The molecule has 2 fully saturated rings. The Labute approximate surface area is 354 Å². The Bertz CT molecular complexity index is 2910. The number of hydrogen-bond acceptors (Lipinski definition) is 16. The van der Waals surface area contributed by atoms with E-state index >= 15 is 0 Å². The number of benzene rings is 2. The fourth-order valence-electron chi connectivity index (χ4n) is 6.90. The molecule has 23 heteroatoms. The Kier molecular flexibility index (Phi) is 12.8. The van der Waals surface area contributed by atoms with Crippen molar-refractivity contribution in [1.82, 2.24) is 59.5 Å². The van der Waals surface area contributed by atoms with E-state index in [0.29, 0.717) is 53.8 Å². The lowest BCUT2D eigenvalue weighted by Gasteiger charge is -2.08. The Balaban J connectivity index is 0.000000154. The Morgan fingerprint density at radius 2 is 1.26 bits per heavy atom. The maximum absolute atomic E-state index is 13.1. The zero-order chi connectivity index (χ0) is 42.8. The zero-order valence-electron chi connectivity index (χ0n) is 32.5. The lowest BCUT2D eigenvalue weighted by Crippen LogP contribution is -2.28. The van der Waals surface area contributed by atoms with Crippen molar-refractivity contribution in [3.8, 4) is 0 Å². The largest absolute Gasteiger partial charge is 0.373 e. The van der Waals surface area contributed by atoms with Crippen LogP contribution in [0.4, 0.5) is 20.7 Å². The van der Waals surface area contributed by atoms with Crippen molar-refractivity contribution >= 4 is 34.5 Å². The van der Waals surface area contributed by atoms with Crippen LogP contribution in [0.15, 0.2) is 79.6 Å². The van der Waals surface area contributed by atoms with Gasteiger partial charge in [0.25, 0.3) is 11.1 Å². The van der Waals surface area contributed by atoms with E-state index in [0.717, 1.165) is 23.1 Å². The van der Waals surface area contributed by atoms with Crippen molar-refractivity contribution in [1.29, 1.82) is 0 Å². The second kappa shape index (κ2) is 18.4.